The predicted molar refractivity (Wildman–Crippen MR) is 103 cm³/mol. The number of hydrogen-bond donors (Lipinski definition) is 1. The number of thiophene rings is 1. The van der Waals surface area contributed by atoms with Crippen LogP contribution in [0, 0.1) is 24.1 Å². The number of nitrogens with zero attached hydrogens (tertiary/aromatic N) is 2. The SMILES string of the molecule is Cc1cc(-c2cccs2)c(C#N)c(SCC(=O)Nc2ccc(F)cc2)n1. The zero-order chi connectivity index (χ0) is 18.5. The summed E-state index contributed by atoms with van der Waals surface area (Å²) in [5.41, 5.74) is 2.61. The van der Waals surface area contributed by atoms with Gasteiger partial charge in [0.05, 0.1) is 11.3 Å². The Balaban J connectivity index is 1.76. The van der Waals surface area contributed by atoms with Crippen molar-refractivity contribution in [3.8, 4) is 16.5 Å². The highest BCUT2D eigenvalue weighted by Crippen LogP contribution is 2.33. The van der Waals surface area contributed by atoms with Crippen LogP contribution < -0.4 is 5.32 Å². The van der Waals surface area contributed by atoms with Crippen LogP contribution in [0.15, 0.2) is 52.9 Å². The van der Waals surface area contributed by atoms with Gasteiger partial charge in [-0.2, -0.15) is 5.26 Å². The summed E-state index contributed by atoms with van der Waals surface area (Å²) in [6.07, 6.45) is 0. The van der Waals surface area contributed by atoms with Crippen LogP contribution in [0.5, 0.6) is 0 Å². The number of aryl methyl sites for hydroxylation is 1. The van der Waals surface area contributed by atoms with Crippen LogP contribution in [0.4, 0.5) is 10.1 Å². The molecular formula is C19H14FN3OS2. The van der Waals surface area contributed by atoms with E-state index in [4.69, 9.17) is 0 Å². The highest BCUT2D eigenvalue weighted by molar-refractivity contribution is 8.00. The number of anilines is 1. The van der Waals surface area contributed by atoms with Crippen molar-refractivity contribution < 1.29 is 9.18 Å². The Hall–Kier alpha value is -2.69. The van der Waals surface area contributed by atoms with Crippen LogP contribution in [0.3, 0.4) is 0 Å². The number of pyridine rings is 1. The number of aromatic nitrogens is 1. The largest absolute Gasteiger partial charge is 0.325 e. The van der Waals surface area contributed by atoms with Gasteiger partial charge in [0, 0.05) is 21.8 Å². The first-order chi connectivity index (χ1) is 12.6. The second-order valence-corrected chi connectivity index (χ2v) is 7.34. The molecule has 0 saturated heterocycles. The first kappa shape index (κ1) is 18.1. The predicted octanol–water partition coefficient (Wildman–Crippen LogP) is 4.86. The molecule has 0 aliphatic carbocycles. The van der Waals surface area contributed by atoms with Gasteiger partial charge >= 0.3 is 0 Å². The minimum atomic E-state index is -0.360. The summed E-state index contributed by atoms with van der Waals surface area (Å²) < 4.78 is 12.9. The molecule has 0 radical (unpaired) electrons. The Kier molecular flexibility index (Phi) is 5.66. The molecule has 130 valence electrons. The number of halogens is 1. The summed E-state index contributed by atoms with van der Waals surface area (Å²) in [6, 6.07) is 13.5. The van der Waals surface area contributed by atoms with E-state index in [0.717, 1.165) is 16.1 Å². The normalized spacial score (nSPS) is 10.3. The van der Waals surface area contributed by atoms with E-state index in [1.807, 2.05) is 30.5 Å². The number of benzene rings is 1. The molecule has 7 heteroatoms. The molecule has 1 aromatic carbocycles. The van der Waals surface area contributed by atoms with Gasteiger partial charge < -0.3 is 5.32 Å². The third kappa shape index (κ3) is 4.28. The second-order valence-electron chi connectivity index (χ2n) is 5.42. The first-order valence-electron chi connectivity index (χ1n) is 7.70. The average molecular weight is 383 g/mol. The number of nitriles is 1. The molecule has 1 amide bonds. The van der Waals surface area contributed by atoms with Crippen LogP contribution in [0.25, 0.3) is 10.4 Å². The van der Waals surface area contributed by atoms with E-state index in [1.54, 1.807) is 11.3 Å². The second kappa shape index (κ2) is 8.13. The van der Waals surface area contributed by atoms with Crippen molar-refractivity contribution in [1.82, 2.24) is 4.98 Å². The number of thioether (sulfide) groups is 1. The van der Waals surface area contributed by atoms with E-state index < -0.39 is 0 Å². The zero-order valence-electron chi connectivity index (χ0n) is 13.8. The van der Waals surface area contributed by atoms with Crippen LogP contribution >= 0.6 is 23.1 Å². The van der Waals surface area contributed by atoms with Crippen LogP contribution in [-0.2, 0) is 4.79 Å². The van der Waals surface area contributed by atoms with Crippen molar-refractivity contribution in [3.63, 3.8) is 0 Å². The minimum absolute atomic E-state index is 0.104. The lowest BCUT2D eigenvalue weighted by molar-refractivity contribution is -0.113. The van der Waals surface area contributed by atoms with Gasteiger partial charge in [-0.15, -0.1) is 11.3 Å². The van der Waals surface area contributed by atoms with Gasteiger partial charge in [0.1, 0.15) is 16.9 Å². The van der Waals surface area contributed by atoms with Crippen molar-refractivity contribution in [2.45, 2.75) is 11.9 Å². The fourth-order valence-electron chi connectivity index (χ4n) is 2.35. The summed E-state index contributed by atoms with van der Waals surface area (Å²) in [5.74, 6) is -0.501. The molecule has 2 aromatic heterocycles. The molecule has 26 heavy (non-hydrogen) atoms. The van der Waals surface area contributed by atoms with E-state index in [2.05, 4.69) is 16.4 Å². The van der Waals surface area contributed by atoms with Crippen molar-refractivity contribution in [1.29, 1.82) is 5.26 Å². The molecular weight excluding hydrogens is 369 g/mol. The number of hydrogen-bond acceptors (Lipinski definition) is 5. The molecule has 0 atom stereocenters. The van der Waals surface area contributed by atoms with E-state index in [1.165, 1.54) is 36.0 Å². The van der Waals surface area contributed by atoms with E-state index >= 15 is 0 Å². The zero-order valence-corrected chi connectivity index (χ0v) is 15.5. The summed E-state index contributed by atoms with van der Waals surface area (Å²) in [7, 11) is 0. The smallest absolute Gasteiger partial charge is 0.234 e. The molecule has 0 aliphatic rings. The van der Waals surface area contributed by atoms with Crippen molar-refractivity contribution in [3.05, 3.63) is 64.9 Å². The fraction of sp³-hybridized carbons (Fsp3) is 0.105. The summed E-state index contributed by atoms with van der Waals surface area (Å²) in [5, 5.41) is 14.8. The van der Waals surface area contributed by atoms with Gasteiger partial charge in [0.15, 0.2) is 0 Å². The number of amides is 1. The molecule has 3 aromatic rings. The molecule has 4 nitrogen and oxygen atoms in total. The van der Waals surface area contributed by atoms with Gasteiger partial charge in [0.2, 0.25) is 5.91 Å². The molecule has 1 N–H and O–H groups in total. The topological polar surface area (TPSA) is 65.8 Å². The molecule has 0 fully saturated rings. The van der Waals surface area contributed by atoms with Crippen LogP contribution in [-0.4, -0.2) is 16.6 Å². The first-order valence-corrected chi connectivity index (χ1v) is 9.57. The molecule has 0 saturated carbocycles. The van der Waals surface area contributed by atoms with Gasteiger partial charge in [0.25, 0.3) is 0 Å². The summed E-state index contributed by atoms with van der Waals surface area (Å²) in [4.78, 5) is 17.5. The molecule has 0 spiro atoms. The lowest BCUT2D eigenvalue weighted by atomic mass is 10.1. The lowest BCUT2D eigenvalue weighted by Crippen LogP contribution is -2.14. The number of nitrogens with one attached hydrogen (secondary N) is 1. The fourth-order valence-corrected chi connectivity index (χ4v) is 3.94. The Labute approximate surface area is 158 Å². The number of carbonyl (C=O) groups excluding carboxylic acids is 1. The third-order valence-electron chi connectivity index (χ3n) is 3.48. The van der Waals surface area contributed by atoms with Crippen LogP contribution in [0.1, 0.15) is 11.3 Å². The monoisotopic (exact) mass is 383 g/mol. The summed E-state index contributed by atoms with van der Waals surface area (Å²) >= 11 is 2.76. The highest BCUT2D eigenvalue weighted by Gasteiger charge is 2.15. The lowest BCUT2D eigenvalue weighted by Gasteiger charge is -2.09. The van der Waals surface area contributed by atoms with E-state index in [-0.39, 0.29) is 17.5 Å². The molecule has 3 rings (SSSR count). The Morgan fingerprint density at radius 2 is 2.12 bits per heavy atom. The molecule has 0 aliphatic heterocycles. The average Bonchev–Trinajstić information content (AvgIpc) is 3.16. The van der Waals surface area contributed by atoms with E-state index in [9.17, 15) is 14.4 Å². The Morgan fingerprint density at radius 3 is 2.77 bits per heavy atom. The van der Waals surface area contributed by atoms with Gasteiger partial charge in [-0.1, -0.05) is 17.8 Å². The Morgan fingerprint density at radius 1 is 1.35 bits per heavy atom. The van der Waals surface area contributed by atoms with Gasteiger partial charge in [-0.05, 0) is 48.7 Å². The maximum Gasteiger partial charge on any atom is 0.234 e. The number of rotatable bonds is 5. The highest BCUT2D eigenvalue weighted by atomic mass is 32.2. The third-order valence-corrected chi connectivity index (χ3v) is 5.36. The van der Waals surface area contributed by atoms with Crippen LogP contribution in [0.2, 0.25) is 0 Å². The van der Waals surface area contributed by atoms with Crippen molar-refractivity contribution >= 4 is 34.7 Å². The minimum Gasteiger partial charge on any atom is -0.325 e. The summed E-state index contributed by atoms with van der Waals surface area (Å²) in [6.45, 7) is 1.86. The standard InChI is InChI=1S/C19H14FN3OS2/c1-12-9-15(17-3-2-8-25-17)16(10-21)19(22-12)26-11-18(24)23-14-6-4-13(20)5-7-14/h2-9H,11H2,1H3,(H,23,24). The van der Waals surface area contributed by atoms with E-state index in [0.29, 0.717) is 16.3 Å². The molecule has 0 unspecified atom stereocenters. The molecule has 0 bridgehead atoms. The van der Waals surface area contributed by atoms with Gasteiger partial charge in [-0.25, -0.2) is 9.37 Å². The van der Waals surface area contributed by atoms with Crippen molar-refractivity contribution in [2.75, 3.05) is 11.1 Å². The maximum atomic E-state index is 12.9. The Bertz CT molecular complexity index is 964. The number of carbonyl (C=O) groups is 1. The quantitative estimate of drug-likeness (QED) is 0.639. The van der Waals surface area contributed by atoms with Crippen molar-refractivity contribution in [2.24, 2.45) is 0 Å². The maximum absolute atomic E-state index is 12.9. The molecule has 2 heterocycles. The van der Waals surface area contributed by atoms with Gasteiger partial charge in [-0.3, -0.25) is 4.79 Å².